The zero-order chi connectivity index (χ0) is 30.9. The molecular weight excluding hydrogens is 558 g/mol. The molecule has 0 bridgehead atoms. The Labute approximate surface area is 270 Å². The molecule has 1 aromatic heterocycles. The number of hydrogen-bond acceptors (Lipinski definition) is 2. The van der Waals surface area contributed by atoms with Crippen LogP contribution in [0.3, 0.4) is 0 Å². The van der Waals surface area contributed by atoms with Gasteiger partial charge >= 0.3 is 0 Å². The Bertz CT molecular complexity index is 2130. The molecule has 8 rings (SSSR count). The van der Waals surface area contributed by atoms with E-state index in [2.05, 4.69) is 180 Å². The Kier molecular flexibility index (Phi) is 7.28. The molecule has 1 aliphatic rings. The van der Waals surface area contributed by atoms with Crippen LogP contribution in [0.2, 0.25) is 0 Å². The van der Waals surface area contributed by atoms with Crippen LogP contribution in [0.1, 0.15) is 34.7 Å². The number of nitrogens with zero attached hydrogens (tertiary/aromatic N) is 3. The summed E-state index contributed by atoms with van der Waals surface area (Å²) in [5.74, 6) is 0. The lowest BCUT2D eigenvalue weighted by Gasteiger charge is -2.25. The van der Waals surface area contributed by atoms with Gasteiger partial charge in [-0.2, -0.15) is 5.10 Å². The molecule has 1 unspecified atom stereocenters. The molecular formula is C43H35N3. The fourth-order valence-electron chi connectivity index (χ4n) is 6.83. The summed E-state index contributed by atoms with van der Waals surface area (Å²) in [6.45, 7) is 2.94. The Morgan fingerprint density at radius 1 is 0.565 bits per heavy atom. The Hall–Kier alpha value is -5.67. The minimum atomic E-state index is 0.0180. The highest BCUT2D eigenvalue weighted by Gasteiger charge is 2.35. The van der Waals surface area contributed by atoms with Gasteiger partial charge in [0.15, 0.2) is 0 Å². The smallest absolute Gasteiger partial charge is 0.0858 e. The van der Waals surface area contributed by atoms with E-state index in [1.807, 2.05) is 0 Å². The van der Waals surface area contributed by atoms with Crippen LogP contribution < -0.4 is 5.01 Å². The molecule has 1 aliphatic heterocycles. The van der Waals surface area contributed by atoms with Crippen LogP contribution in [-0.2, 0) is 6.54 Å². The van der Waals surface area contributed by atoms with Crippen molar-refractivity contribution in [2.75, 3.05) is 5.01 Å². The number of anilines is 1. The van der Waals surface area contributed by atoms with Crippen LogP contribution in [0.4, 0.5) is 5.69 Å². The zero-order valence-electron chi connectivity index (χ0n) is 25.9. The first-order valence-corrected chi connectivity index (χ1v) is 16.0. The van der Waals surface area contributed by atoms with E-state index in [0.717, 1.165) is 29.9 Å². The van der Waals surface area contributed by atoms with Gasteiger partial charge in [0.25, 0.3) is 0 Å². The van der Waals surface area contributed by atoms with Gasteiger partial charge in [-0.05, 0) is 52.9 Å². The van der Waals surface area contributed by atoms with E-state index in [1.54, 1.807) is 0 Å². The molecule has 0 N–H and O–H groups in total. The van der Waals surface area contributed by atoms with E-state index in [4.69, 9.17) is 5.10 Å². The highest BCUT2D eigenvalue weighted by molar-refractivity contribution is 6.05. The quantitative estimate of drug-likeness (QED) is 0.180. The van der Waals surface area contributed by atoms with Gasteiger partial charge < -0.3 is 4.57 Å². The van der Waals surface area contributed by atoms with Crippen molar-refractivity contribution in [3.05, 3.63) is 186 Å². The van der Waals surface area contributed by atoms with E-state index in [1.165, 1.54) is 50.0 Å². The Balaban J connectivity index is 1.30. The summed E-state index contributed by atoms with van der Waals surface area (Å²) in [6, 6.07) is 58.8. The molecule has 0 fully saturated rings. The molecule has 2 heterocycles. The van der Waals surface area contributed by atoms with Gasteiger partial charge in [-0.25, -0.2) is 0 Å². The minimum Gasteiger partial charge on any atom is -0.336 e. The van der Waals surface area contributed by atoms with Crippen molar-refractivity contribution in [1.29, 1.82) is 0 Å². The molecule has 7 aromatic rings. The second-order valence-electron chi connectivity index (χ2n) is 12.1. The number of fused-ring (bicyclic) bond motifs is 1. The lowest BCUT2D eigenvalue weighted by Crippen LogP contribution is -2.19. The second-order valence-corrected chi connectivity index (χ2v) is 12.1. The van der Waals surface area contributed by atoms with Crippen molar-refractivity contribution in [3.8, 4) is 22.4 Å². The fourth-order valence-corrected chi connectivity index (χ4v) is 6.83. The number of rotatable bonds is 7. The molecule has 0 amide bonds. The molecule has 46 heavy (non-hydrogen) atoms. The standard InChI is InChI=1S/C43H35N3/c1-31-21-23-36(24-22-31)43-42(38-19-11-12-20-40(38)45(43)30-32-13-5-2-6-14-32)41-29-39(44-46(41)37-17-9-4-10-18-37)35-27-25-34(26-28-35)33-15-7-3-8-16-33/h2-28,41H,29-30H2,1H3. The van der Waals surface area contributed by atoms with Crippen LogP contribution >= 0.6 is 0 Å². The third-order valence-electron chi connectivity index (χ3n) is 9.11. The Morgan fingerprint density at radius 2 is 1.13 bits per heavy atom. The van der Waals surface area contributed by atoms with E-state index < -0.39 is 0 Å². The van der Waals surface area contributed by atoms with Gasteiger partial charge in [0.2, 0.25) is 0 Å². The molecule has 0 saturated heterocycles. The highest BCUT2D eigenvalue weighted by Crippen LogP contribution is 2.46. The number of benzene rings is 6. The number of hydrazone groups is 1. The van der Waals surface area contributed by atoms with Crippen LogP contribution in [-0.4, -0.2) is 10.3 Å². The average Bonchev–Trinajstić information content (AvgIpc) is 3.70. The predicted octanol–water partition coefficient (Wildman–Crippen LogP) is 10.7. The first kappa shape index (κ1) is 27.8. The van der Waals surface area contributed by atoms with Crippen molar-refractivity contribution in [2.24, 2.45) is 5.10 Å². The molecule has 222 valence electrons. The van der Waals surface area contributed by atoms with Gasteiger partial charge in [0, 0.05) is 29.4 Å². The van der Waals surface area contributed by atoms with Gasteiger partial charge in [-0.3, -0.25) is 5.01 Å². The lowest BCUT2D eigenvalue weighted by atomic mass is 9.93. The normalized spacial score (nSPS) is 14.5. The van der Waals surface area contributed by atoms with E-state index in [9.17, 15) is 0 Å². The maximum absolute atomic E-state index is 5.38. The molecule has 0 radical (unpaired) electrons. The number of hydrogen-bond donors (Lipinski definition) is 0. The zero-order valence-corrected chi connectivity index (χ0v) is 25.9. The maximum atomic E-state index is 5.38. The van der Waals surface area contributed by atoms with Gasteiger partial charge in [0.05, 0.1) is 23.1 Å². The van der Waals surface area contributed by atoms with E-state index in [-0.39, 0.29) is 6.04 Å². The third-order valence-corrected chi connectivity index (χ3v) is 9.11. The fraction of sp³-hybridized carbons (Fsp3) is 0.0930. The SMILES string of the molecule is Cc1ccc(-c2c(C3CC(c4ccc(-c5ccccc5)cc4)=NN3c3ccccc3)c3ccccc3n2Cc2ccccc2)cc1. The molecule has 0 aliphatic carbocycles. The molecule has 0 saturated carbocycles. The third kappa shape index (κ3) is 5.20. The molecule has 3 nitrogen and oxygen atoms in total. The van der Waals surface area contributed by atoms with Gasteiger partial charge in [0.1, 0.15) is 0 Å². The van der Waals surface area contributed by atoms with Crippen molar-refractivity contribution in [2.45, 2.75) is 25.9 Å². The van der Waals surface area contributed by atoms with E-state index >= 15 is 0 Å². The summed E-state index contributed by atoms with van der Waals surface area (Å²) in [6.07, 6.45) is 0.803. The van der Waals surface area contributed by atoms with Crippen molar-refractivity contribution in [1.82, 2.24) is 4.57 Å². The number of aryl methyl sites for hydroxylation is 1. The second kappa shape index (κ2) is 12.0. The maximum Gasteiger partial charge on any atom is 0.0858 e. The topological polar surface area (TPSA) is 20.5 Å². The van der Waals surface area contributed by atoms with Crippen LogP contribution in [0.5, 0.6) is 0 Å². The summed E-state index contributed by atoms with van der Waals surface area (Å²) >= 11 is 0. The summed E-state index contributed by atoms with van der Waals surface area (Å²) in [7, 11) is 0. The summed E-state index contributed by atoms with van der Waals surface area (Å²) in [5.41, 5.74) is 13.4. The summed E-state index contributed by atoms with van der Waals surface area (Å²) in [5, 5.41) is 8.91. The van der Waals surface area contributed by atoms with Crippen molar-refractivity contribution < 1.29 is 0 Å². The first-order chi connectivity index (χ1) is 22.7. The number of para-hydroxylation sites is 2. The Morgan fingerprint density at radius 3 is 1.85 bits per heavy atom. The van der Waals surface area contributed by atoms with Crippen LogP contribution in [0, 0.1) is 6.92 Å². The van der Waals surface area contributed by atoms with Crippen LogP contribution in [0.25, 0.3) is 33.3 Å². The molecule has 1 atom stereocenters. The summed E-state index contributed by atoms with van der Waals surface area (Å²) in [4.78, 5) is 0. The first-order valence-electron chi connectivity index (χ1n) is 16.0. The lowest BCUT2D eigenvalue weighted by molar-refractivity contribution is 0.709. The van der Waals surface area contributed by atoms with Crippen molar-refractivity contribution >= 4 is 22.3 Å². The monoisotopic (exact) mass is 593 g/mol. The van der Waals surface area contributed by atoms with Gasteiger partial charge in [-0.1, -0.05) is 151 Å². The molecule has 0 spiro atoms. The molecule has 6 aromatic carbocycles. The van der Waals surface area contributed by atoms with Crippen LogP contribution in [0.15, 0.2) is 169 Å². The summed E-state index contributed by atoms with van der Waals surface area (Å²) < 4.78 is 2.51. The van der Waals surface area contributed by atoms with Gasteiger partial charge in [-0.15, -0.1) is 0 Å². The van der Waals surface area contributed by atoms with E-state index in [0.29, 0.717) is 0 Å². The minimum absolute atomic E-state index is 0.0180. The molecule has 3 heteroatoms. The largest absolute Gasteiger partial charge is 0.336 e. The predicted molar refractivity (Wildman–Crippen MR) is 192 cm³/mol. The highest BCUT2D eigenvalue weighted by atomic mass is 15.5. The average molecular weight is 594 g/mol. The number of aromatic nitrogens is 1. The van der Waals surface area contributed by atoms with Crippen molar-refractivity contribution in [3.63, 3.8) is 0 Å².